The smallest absolute Gasteiger partial charge is 0.232 e. The summed E-state index contributed by atoms with van der Waals surface area (Å²) in [5.41, 5.74) is 2.39. The number of thioether (sulfide) groups is 1. The van der Waals surface area contributed by atoms with E-state index in [1.807, 2.05) is 37.4 Å². The monoisotopic (exact) mass is 285 g/mol. The lowest BCUT2D eigenvalue weighted by molar-refractivity contribution is -0.127. The third kappa shape index (κ3) is 4.42. The second-order valence-corrected chi connectivity index (χ2v) is 5.89. The molecule has 1 amide bonds. The van der Waals surface area contributed by atoms with Gasteiger partial charge in [0.2, 0.25) is 5.91 Å². The first-order valence-electron chi connectivity index (χ1n) is 6.62. The predicted molar refractivity (Wildman–Crippen MR) is 84.8 cm³/mol. The van der Waals surface area contributed by atoms with Crippen LogP contribution in [0.1, 0.15) is 11.1 Å². The van der Waals surface area contributed by atoms with Crippen molar-refractivity contribution < 1.29 is 4.79 Å². The average molecular weight is 285 g/mol. The lowest BCUT2D eigenvalue weighted by Gasteiger charge is -2.17. The van der Waals surface area contributed by atoms with E-state index in [4.69, 9.17) is 0 Å². The van der Waals surface area contributed by atoms with Gasteiger partial charge in [-0.25, -0.2) is 0 Å². The molecular weight excluding hydrogens is 266 g/mol. The highest BCUT2D eigenvalue weighted by Crippen LogP contribution is 2.18. The molecule has 0 saturated carbocycles. The topological polar surface area (TPSA) is 20.3 Å². The molecule has 0 radical (unpaired) electrons. The fraction of sp³-hybridized carbons (Fsp3) is 0.235. The van der Waals surface area contributed by atoms with E-state index in [0.717, 1.165) is 10.5 Å². The van der Waals surface area contributed by atoms with Crippen molar-refractivity contribution in [2.24, 2.45) is 0 Å². The number of hydrogen-bond donors (Lipinski definition) is 0. The molecule has 0 heterocycles. The Balaban J connectivity index is 1.83. The van der Waals surface area contributed by atoms with Gasteiger partial charge in [0.05, 0.1) is 5.75 Å². The van der Waals surface area contributed by atoms with Crippen molar-refractivity contribution >= 4 is 17.7 Å². The minimum Gasteiger partial charge on any atom is -0.341 e. The number of rotatable bonds is 5. The number of aryl methyl sites for hydroxylation is 1. The predicted octanol–water partition coefficient (Wildman–Crippen LogP) is 3.75. The molecular formula is C17H19NOS. The second kappa shape index (κ2) is 7.15. The molecule has 0 saturated heterocycles. The van der Waals surface area contributed by atoms with Crippen LogP contribution in [-0.2, 0) is 11.3 Å². The summed E-state index contributed by atoms with van der Waals surface area (Å²) in [6.07, 6.45) is 0. The molecule has 0 aromatic heterocycles. The zero-order valence-corrected chi connectivity index (χ0v) is 12.7. The molecule has 0 aliphatic heterocycles. The maximum absolute atomic E-state index is 12.1. The van der Waals surface area contributed by atoms with Crippen LogP contribution in [-0.4, -0.2) is 23.6 Å². The molecule has 2 aromatic rings. The number of hydrogen-bond acceptors (Lipinski definition) is 2. The van der Waals surface area contributed by atoms with Crippen LogP contribution in [0.3, 0.4) is 0 Å². The molecule has 0 fully saturated rings. The number of carbonyl (C=O) groups is 1. The first kappa shape index (κ1) is 14.7. The third-order valence-electron chi connectivity index (χ3n) is 3.07. The highest BCUT2D eigenvalue weighted by atomic mass is 32.2. The second-order valence-electron chi connectivity index (χ2n) is 4.84. The molecule has 2 aromatic carbocycles. The van der Waals surface area contributed by atoms with Crippen molar-refractivity contribution in [3.05, 3.63) is 65.7 Å². The van der Waals surface area contributed by atoms with Gasteiger partial charge in [-0.05, 0) is 24.6 Å². The quantitative estimate of drug-likeness (QED) is 0.780. The van der Waals surface area contributed by atoms with Crippen molar-refractivity contribution in [3.63, 3.8) is 0 Å². The summed E-state index contributed by atoms with van der Waals surface area (Å²) in [6, 6.07) is 18.3. The van der Waals surface area contributed by atoms with E-state index in [1.165, 1.54) is 5.56 Å². The molecule has 20 heavy (non-hydrogen) atoms. The van der Waals surface area contributed by atoms with Crippen LogP contribution in [0.2, 0.25) is 0 Å². The Morgan fingerprint density at radius 2 is 1.70 bits per heavy atom. The SMILES string of the molecule is Cc1ccc(SCC(=O)N(C)Cc2ccccc2)cc1. The van der Waals surface area contributed by atoms with Gasteiger partial charge in [-0.3, -0.25) is 4.79 Å². The Bertz CT molecular complexity index is 551. The van der Waals surface area contributed by atoms with Crippen LogP contribution in [0.4, 0.5) is 0 Å². The highest BCUT2D eigenvalue weighted by Gasteiger charge is 2.09. The maximum Gasteiger partial charge on any atom is 0.232 e. The zero-order chi connectivity index (χ0) is 14.4. The summed E-state index contributed by atoms with van der Waals surface area (Å²) < 4.78 is 0. The van der Waals surface area contributed by atoms with Gasteiger partial charge < -0.3 is 4.90 Å². The normalized spacial score (nSPS) is 10.3. The Labute approximate surface area is 124 Å². The molecule has 0 atom stereocenters. The standard InChI is InChI=1S/C17H19NOS/c1-14-8-10-16(11-9-14)20-13-17(19)18(2)12-15-6-4-3-5-7-15/h3-11H,12-13H2,1-2H3. The van der Waals surface area contributed by atoms with Crippen LogP contribution >= 0.6 is 11.8 Å². The van der Waals surface area contributed by atoms with Crippen molar-refractivity contribution in [1.29, 1.82) is 0 Å². The highest BCUT2D eigenvalue weighted by molar-refractivity contribution is 8.00. The first-order valence-corrected chi connectivity index (χ1v) is 7.61. The van der Waals surface area contributed by atoms with Gasteiger partial charge >= 0.3 is 0 Å². The fourth-order valence-electron chi connectivity index (χ4n) is 1.84. The van der Waals surface area contributed by atoms with Crippen molar-refractivity contribution in [1.82, 2.24) is 4.90 Å². The molecule has 104 valence electrons. The van der Waals surface area contributed by atoms with E-state index in [9.17, 15) is 4.79 Å². The summed E-state index contributed by atoms with van der Waals surface area (Å²) in [4.78, 5) is 15.0. The van der Waals surface area contributed by atoms with Crippen LogP contribution in [0, 0.1) is 6.92 Å². The fourth-order valence-corrected chi connectivity index (χ4v) is 2.67. The van der Waals surface area contributed by atoms with E-state index in [1.54, 1.807) is 16.7 Å². The summed E-state index contributed by atoms with van der Waals surface area (Å²) in [5, 5.41) is 0. The number of nitrogens with zero attached hydrogens (tertiary/aromatic N) is 1. The van der Waals surface area contributed by atoms with Crippen molar-refractivity contribution in [3.8, 4) is 0 Å². The molecule has 2 nitrogen and oxygen atoms in total. The van der Waals surface area contributed by atoms with Gasteiger partial charge in [-0.1, -0.05) is 48.0 Å². The molecule has 0 aliphatic rings. The zero-order valence-electron chi connectivity index (χ0n) is 11.9. The van der Waals surface area contributed by atoms with Gasteiger partial charge in [-0.15, -0.1) is 11.8 Å². The minimum absolute atomic E-state index is 0.152. The van der Waals surface area contributed by atoms with Gasteiger partial charge in [0.15, 0.2) is 0 Å². The van der Waals surface area contributed by atoms with Crippen molar-refractivity contribution in [2.45, 2.75) is 18.4 Å². The number of amides is 1. The largest absolute Gasteiger partial charge is 0.341 e. The lowest BCUT2D eigenvalue weighted by Crippen LogP contribution is -2.27. The van der Waals surface area contributed by atoms with Gasteiger partial charge in [-0.2, -0.15) is 0 Å². The Kier molecular flexibility index (Phi) is 5.24. The minimum atomic E-state index is 0.152. The van der Waals surface area contributed by atoms with Gasteiger partial charge in [0, 0.05) is 18.5 Å². The van der Waals surface area contributed by atoms with Crippen LogP contribution < -0.4 is 0 Å². The van der Waals surface area contributed by atoms with Gasteiger partial charge in [0.1, 0.15) is 0 Å². The lowest BCUT2D eigenvalue weighted by atomic mass is 10.2. The molecule has 0 N–H and O–H groups in total. The maximum atomic E-state index is 12.1. The van der Waals surface area contributed by atoms with Crippen LogP contribution in [0.25, 0.3) is 0 Å². The Morgan fingerprint density at radius 1 is 1.05 bits per heavy atom. The molecule has 0 bridgehead atoms. The summed E-state index contributed by atoms with van der Waals surface area (Å²) in [6.45, 7) is 2.72. The van der Waals surface area contributed by atoms with Crippen LogP contribution in [0.5, 0.6) is 0 Å². The number of carbonyl (C=O) groups excluding carboxylic acids is 1. The van der Waals surface area contributed by atoms with Crippen LogP contribution in [0.15, 0.2) is 59.5 Å². The average Bonchev–Trinajstić information content (AvgIpc) is 2.47. The van der Waals surface area contributed by atoms with E-state index in [0.29, 0.717) is 12.3 Å². The van der Waals surface area contributed by atoms with E-state index >= 15 is 0 Å². The summed E-state index contributed by atoms with van der Waals surface area (Å²) >= 11 is 1.58. The Hall–Kier alpha value is -1.74. The Morgan fingerprint density at radius 3 is 2.35 bits per heavy atom. The third-order valence-corrected chi connectivity index (χ3v) is 4.07. The van der Waals surface area contributed by atoms with E-state index < -0.39 is 0 Å². The van der Waals surface area contributed by atoms with E-state index in [-0.39, 0.29) is 5.91 Å². The molecule has 0 spiro atoms. The summed E-state index contributed by atoms with van der Waals surface area (Å²) in [5.74, 6) is 0.631. The van der Waals surface area contributed by atoms with Crippen molar-refractivity contribution in [2.75, 3.05) is 12.8 Å². The molecule has 2 rings (SSSR count). The molecule has 0 aliphatic carbocycles. The van der Waals surface area contributed by atoms with Gasteiger partial charge in [0.25, 0.3) is 0 Å². The number of benzene rings is 2. The first-order chi connectivity index (χ1) is 9.65. The molecule has 3 heteroatoms. The summed E-state index contributed by atoms with van der Waals surface area (Å²) in [7, 11) is 1.85. The molecule has 0 unspecified atom stereocenters. The van der Waals surface area contributed by atoms with E-state index in [2.05, 4.69) is 31.2 Å².